The van der Waals surface area contributed by atoms with E-state index in [1.54, 1.807) is 6.07 Å². The van der Waals surface area contributed by atoms with E-state index in [9.17, 15) is 4.79 Å². The molecule has 0 aliphatic carbocycles. The summed E-state index contributed by atoms with van der Waals surface area (Å²) in [5.74, 6) is 0.0669. The van der Waals surface area contributed by atoms with Gasteiger partial charge in [-0.3, -0.25) is 4.79 Å². The molecule has 1 N–H and O–H groups in total. The Bertz CT molecular complexity index is 439. The quantitative estimate of drug-likeness (QED) is 0.776. The number of carbonyl (C=O) groups is 1. The number of hydrogen-bond donors (Lipinski definition) is 1. The summed E-state index contributed by atoms with van der Waals surface area (Å²) in [6, 6.07) is 5.70. The average Bonchev–Trinajstić information content (AvgIpc) is 2.32. The number of nitrogens with one attached hydrogen (secondary N) is 1. The van der Waals surface area contributed by atoms with Crippen LogP contribution in [0.15, 0.2) is 18.2 Å². The molecule has 1 aliphatic rings. The van der Waals surface area contributed by atoms with Crippen LogP contribution in [0.25, 0.3) is 0 Å². The molecule has 1 heterocycles. The summed E-state index contributed by atoms with van der Waals surface area (Å²) < 4.78 is 0.967. The van der Waals surface area contributed by atoms with E-state index in [0.29, 0.717) is 10.6 Å². The van der Waals surface area contributed by atoms with Crippen molar-refractivity contribution in [3.63, 3.8) is 0 Å². The predicted octanol–water partition coefficient (Wildman–Crippen LogP) is 2.38. The smallest absolute Gasteiger partial charge is 0.254 e. The highest BCUT2D eigenvalue weighted by Gasteiger charge is 2.24. The molecule has 3 nitrogen and oxygen atoms in total. The normalized spacial score (nSPS) is 20.4. The molecule has 1 aromatic rings. The largest absolute Gasteiger partial charge is 0.333 e. The molecule has 0 aromatic heterocycles. The molecule has 1 aliphatic heterocycles. The molecule has 0 saturated carbocycles. The van der Waals surface area contributed by atoms with Crippen LogP contribution in [-0.4, -0.2) is 36.5 Å². The molecule has 0 radical (unpaired) electrons. The molecule has 1 saturated heterocycles. The Morgan fingerprint density at radius 1 is 1.59 bits per heavy atom. The van der Waals surface area contributed by atoms with Crippen molar-refractivity contribution in [1.82, 2.24) is 10.2 Å². The Morgan fingerprint density at radius 2 is 2.35 bits per heavy atom. The number of nitrogens with zero attached hydrogens (tertiary/aromatic N) is 1. The fourth-order valence-electron chi connectivity index (χ4n) is 1.94. The van der Waals surface area contributed by atoms with Gasteiger partial charge in [-0.1, -0.05) is 11.6 Å². The molecule has 5 heteroatoms. The van der Waals surface area contributed by atoms with Crippen LogP contribution in [0.1, 0.15) is 17.3 Å². The van der Waals surface area contributed by atoms with Crippen LogP contribution < -0.4 is 5.32 Å². The first kappa shape index (κ1) is 13.1. The van der Waals surface area contributed by atoms with Gasteiger partial charge in [-0.05, 0) is 47.7 Å². The van der Waals surface area contributed by atoms with E-state index in [-0.39, 0.29) is 11.9 Å². The van der Waals surface area contributed by atoms with Crippen LogP contribution in [0.4, 0.5) is 0 Å². The Morgan fingerprint density at radius 3 is 3.00 bits per heavy atom. The van der Waals surface area contributed by atoms with Gasteiger partial charge in [0.1, 0.15) is 0 Å². The molecule has 2 rings (SSSR count). The van der Waals surface area contributed by atoms with Crippen molar-refractivity contribution in [3.8, 4) is 0 Å². The number of hydrogen-bond acceptors (Lipinski definition) is 2. The SMILES string of the molecule is C[C@H]1CNCCN1C(=O)c1ccc(I)c(Cl)c1. The first-order valence-electron chi connectivity index (χ1n) is 5.56. The lowest BCUT2D eigenvalue weighted by molar-refractivity contribution is 0.0656. The Kier molecular flexibility index (Phi) is 4.27. The number of amides is 1. The zero-order valence-electron chi connectivity index (χ0n) is 9.54. The van der Waals surface area contributed by atoms with Gasteiger partial charge in [-0.25, -0.2) is 0 Å². The van der Waals surface area contributed by atoms with E-state index in [2.05, 4.69) is 34.8 Å². The van der Waals surface area contributed by atoms with E-state index in [1.165, 1.54) is 0 Å². The number of piperazine rings is 1. The maximum absolute atomic E-state index is 12.3. The Labute approximate surface area is 120 Å². The highest BCUT2D eigenvalue weighted by atomic mass is 127. The van der Waals surface area contributed by atoms with Gasteiger partial charge in [0.2, 0.25) is 0 Å². The minimum atomic E-state index is 0.0669. The van der Waals surface area contributed by atoms with E-state index < -0.39 is 0 Å². The monoisotopic (exact) mass is 364 g/mol. The topological polar surface area (TPSA) is 32.3 Å². The lowest BCUT2D eigenvalue weighted by Gasteiger charge is -2.34. The van der Waals surface area contributed by atoms with E-state index in [4.69, 9.17) is 11.6 Å². The van der Waals surface area contributed by atoms with Crippen molar-refractivity contribution in [2.45, 2.75) is 13.0 Å². The van der Waals surface area contributed by atoms with Gasteiger partial charge >= 0.3 is 0 Å². The molecule has 0 spiro atoms. The molecule has 1 atom stereocenters. The molecule has 1 aromatic carbocycles. The summed E-state index contributed by atoms with van der Waals surface area (Å²) in [4.78, 5) is 14.2. The Hall–Kier alpha value is -0.330. The summed E-state index contributed by atoms with van der Waals surface area (Å²) in [6.45, 7) is 4.51. The van der Waals surface area contributed by atoms with Crippen molar-refractivity contribution in [2.24, 2.45) is 0 Å². The number of benzene rings is 1. The van der Waals surface area contributed by atoms with Gasteiger partial charge in [0, 0.05) is 34.8 Å². The molecule has 0 bridgehead atoms. The van der Waals surface area contributed by atoms with Crippen molar-refractivity contribution in [2.75, 3.05) is 19.6 Å². The summed E-state index contributed by atoms with van der Waals surface area (Å²) in [5.41, 5.74) is 0.671. The molecular weight excluding hydrogens is 351 g/mol. The fraction of sp³-hybridized carbons (Fsp3) is 0.417. The number of rotatable bonds is 1. The second kappa shape index (κ2) is 5.54. The third-order valence-electron chi connectivity index (χ3n) is 2.93. The van der Waals surface area contributed by atoms with E-state index >= 15 is 0 Å². The third-order valence-corrected chi connectivity index (χ3v) is 4.50. The van der Waals surface area contributed by atoms with Crippen molar-refractivity contribution in [1.29, 1.82) is 0 Å². The zero-order valence-corrected chi connectivity index (χ0v) is 12.5. The number of carbonyl (C=O) groups excluding carboxylic acids is 1. The van der Waals surface area contributed by atoms with Gasteiger partial charge in [0.05, 0.1) is 5.02 Å². The lowest BCUT2D eigenvalue weighted by atomic mass is 10.1. The molecule has 1 fully saturated rings. The summed E-state index contributed by atoms with van der Waals surface area (Å²) >= 11 is 8.20. The van der Waals surface area contributed by atoms with Crippen LogP contribution in [0.3, 0.4) is 0 Å². The molecule has 92 valence electrons. The highest BCUT2D eigenvalue weighted by Crippen LogP contribution is 2.21. The minimum absolute atomic E-state index is 0.0669. The zero-order chi connectivity index (χ0) is 12.4. The van der Waals surface area contributed by atoms with Gasteiger partial charge in [0.25, 0.3) is 5.91 Å². The van der Waals surface area contributed by atoms with Gasteiger partial charge in [-0.2, -0.15) is 0 Å². The minimum Gasteiger partial charge on any atom is -0.333 e. The van der Waals surface area contributed by atoms with Crippen LogP contribution in [-0.2, 0) is 0 Å². The standard InChI is InChI=1S/C12H14ClIN2O/c1-8-7-15-4-5-16(8)12(17)9-2-3-11(14)10(13)6-9/h2-3,6,8,15H,4-5,7H2,1H3/t8-/m0/s1. The second-order valence-corrected chi connectivity index (χ2v) is 5.75. The molecule has 0 unspecified atom stereocenters. The summed E-state index contributed by atoms with van der Waals surface area (Å²) in [6.07, 6.45) is 0. The molecule has 1 amide bonds. The fourth-order valence-corrected chi connectivity index (χ4v) is 2.45. The predicted molar refractivity (Wildman–Crippen MR) is 77.5 cm³/mol. The Balaban J connectivity index is 2.21. The summed E-state index contributed by atoms with van der Waals surface area (Å²) in [7, 11) is 0. The third kappa shape index (κ3) is 2.92. The van der Waals surface area contributed by atoms with Crippen LogP contribution in [0.2, 0.25) is 5.02 Å². The van der Waals surface area contributed by atoms with Gasteiger partial charge in [0.15, 0.2) is 0 Å². The van der Waals surface area contributed by atoms with Crippen molar-refractivity contribution < 1.29 is 4.79 Å². The lowest BCUT2D eigenvalue weighted by Crippen LogP contribution is -2.52. The van der Waals surface area contributed by atoms with Gasteiger partial charge < -0.3 is 10.2 Å². The molecular formula is C12H14ClIN2O. The molecule has 17 heavy (non-hydrogen) atoms. The summed E-state index contributed by atoms with van der Waals surface area (Å²) in [5, 5.41) is 3.91. The highest BCUT2D eigenvalue weighted by molar-refractivity contribution is 14.1. The average molecular weight is 365 g/mol. The van der Waals surface area contributed by atoms with E-state index in [0.717, 1.165) is 23.2 Å². The van der Waals surface area contributed by atoms with Gasteiger partial charge in [-0.15, -0.1) is 0 Å². The second-order valence-electron chi connectivity index (χ2n) is 4.18. The van der Waals surface area contributed by atoms with Crippen LogP contribution in [0.5, 0.6) is 0 Å². The maximum atomic E-state index is 12.3. The van der Waals surface area contributed by atoms with E-state index in [1.807, 2.05) is 17.0 Å². The first-order valence-corrected chi connectivity index (χ1v) is 7.02. The van der Waals surface area contributed by atoms with Crippen molar-refractivity contribution >= 4 is 40.1 Å². The first-order chi connectivity index (χ1) is 8.09. The maximum Gasteiger partial charge on any atom is 0.254 e. The number of halogens is 2. The van der Waals surface area contributed by atoms with Crippen LogP contribution in [0, 0.1) is 3.57 Å². The van der Waals surface area contributed by atoms with Crippen molar-refractivity contribution in [3.05, 3.63) is 32.4 Å². The van der Waals surface area contributed by atoms with Crippen LogP contribution >= 0.6 is 34.2 Å².